The number of nitriles is 1. The van der Waals surface area contributed by atoms with Gasteiger partial charge in [-0.05, 0) is 37.2 Å². The van der Waals surface area contributed by atoms with Crippen LogP contribution in [0.2, 0.25) is 0 Å². The van der Waals surface area contributed by atoms with Crippen LogP contribution in [0.1, 0.15) is 28.4 Å². The number of benzene rings is 1. The van der Waals surface area contributed by atoms with Crippen LogP contribution in [0, 0.1) is 11.3 Å². The summed E-state index contributed by atoms with van der Waals surface area (Å²) < 4.78 is 33.6. The normalized spacial score (nSPS) is 14.8. The maximum atomic E-state index is 12.6. The molecule has 15 heteroatoms. The number of hydrogen-bond donors (Lipinski definition) is 4. The van der Waals surface area contributed by atoms with E-state index in [1.54, 1.807) is 18.2 Å². The van der Waals surface area contributed by atoms with Crippen molar-refractivity contribution in [3.63, 3.8) is 0 Å². The van der Waals surface area contributed by atoms with Gasteiger partial charge in [-0.2, -0.15) is 23.5 Å². The maximum Gasteiger partial charge on any atom is 0.490 e. The monoisotopic (exact) mass is 539 g/mol. The number of nitrogen functional groups attached to an aromatic ring is 1. The van der Waals surface area contributed by atoms with Gasteiger partial charge in [-0.15, -0.1) is 0 Å². The van der Waals surface area contributed by atoms with Gasteiger partial charge in [0.25, 0.3) is 5.91 Å². The van der Waals surface area contributed by atoms with Crippen LogP contribution in [0.3, 0.4) is 0 Å². The standard InChI is InChI=1S/C22H19N9O.C2HF3O2/c23-10-13-5-8-26-17(9-13)29-22(32)15-3-1-14(2-4-15)19-18-20(24)27-12-28-21(18)31(30-19)16-6-7-25-11-16;3-2(4,5)1(6)7/h1-5,8-9,12,16,25H,6-7,11H2,(H2,24,27,28)(H,26,29,32);(H,6,7). The number of nitrogens with zero attached hydrogens (tertiary/aromatic N) is 6. The van der Waals surface area contributed by atoms with Gasteiger partial charge in [0.15, 0.2) is 5.65 Å². The van der Waals surface area contributed by atoms with Crippen LogP contribution < -0.4 is 16.4 Å². The summed E-state index contributed by atoms with van der Waals surface area (Å²) in [4.78, 5) is 34.1. The minimum Gasteiger partial charge on any atom is -0.475 e. The first-order valence-corrected chi connectivity index (χ1v) is 11.4. The first-order valence-electron chi connectivity index (χ1n) is 11.4. The van der Waals surface area contributed by atoms with Gasteiger partial charge in [0.1, 0.15) is 23.7 Å². The fourth-order valence-corrected chi connectivity index (χ4v) is 3.84. The minimum absolute atomic E-state index is 0.197. The van der Waals surface area contributed by atoms with Gasteiger partial charge < -0.3 is 21.5 Å². The fourth-order valence-electron chi connectivity index (χ4n) is 3.84. The third-order valence-electron chi connectivity index (χ3n) is 5.69. The zero-order valence-electron chi connectivity index (χ0n) is 20.0. The fraction of sp³-hybridized carbons (Fsp3) is 0.208. The minimum atomic E-state index is -5.08. The van der Waals surface area contributed by atoms with Crippen LogP contribution in [0.5, 0.6) is 0 Å². The molecular formula is C24H20F3N9O3. The average Bonchev–Trinajstić information content (AvgIpc) is 3.58. The first-order chi connectivity index (χ1) is 18.6. The third-order valence-corrected chi connectivity index (χ3v) is 5.69. The van der Waals surface area contributed by atoms with E-state index in [4.69, 9.17) is 26.0 Å². The van der Waals surface area contributed by atoms with Gasteiger partial charge in [0.05, 0.1) is 23.1 Å². The Labute approximate surface area is 218 Å². The number of anilines is 2. The Morgan fingerprint density at radius 3 is 2.51 bits per heavy atom. The molecule has 1 amide bonds. The molecule has 1 unspecified atom stereocenters. The van der Waals surface area contributed by atoms with Crippen LogP contribution in [-0.2, 0) is 4.79 Å². The molecule has 0 aliphatic carbocycles. The molecule has 3 aromatic heterocycles. The number of amides is 1. The Kier molecular flexibility index (Phi) is 7.68. The van der Waals surface area contributed by atoms with Gasteiger partial charge in [-0.25, -0.2) is 24.4 Å². The Bertz CT molecular complexity index is 1560. The molecule has 0 saturated carbocycles. The summed E-state index contributed by atoms with van der Waals surface area (Å²) in [5, 5.41) is 27.7. The molecule has 1 aromatic carbocycles. The first kappa shape index (κ1) is 26.9. The van der Waals surface area contributed by atoms with Crippen molar-refractivity contribution in [2.75, 3.05) is 24.1 Å². The van der Waals surface area contributed by atoms with Crippen molar-refractivity contribution in [2.24, 2.45) is 0 Å². The van der Waals surface area contributed by atoms with E-state index < -0.39 is 12.1 Å². The van der Waals surface area contributed by atoms with Crippen molar-refractivity contribution in [1.82, 2.24) is 30.0 Å². The molecule has 1 aliphatic rings. The summed E-state index contributed by atoms with van der Waals surface area (Å²) in [6.07, 6.45) is -1.20. The zero-order valence-corrected chi connectivity index (χ0v) is 20.0. The molecule has 200 valence electrons. The summed E-state index contributed by atoms with van der Waals surface area (Å²) in [6.45, 7) is 1.75. The van der Waals surface area contributed by atoms with Gasteiger partial charge >= 0.3 is 12.1 Å². The molecule has 4 aromatic rings. The molecule has 4 heterocycles. The van der Waals surface area contributed by atoms with Gasteiger partial charge in [-0.1, -0.05) is 12.1 Å². The highest BCUT2D eigenvalue weighted by atomic mass is 19.4. The molecule has 0 bridgehead atoms. The average molecular weight is 539 g/mol. The van der Waals surface area contributed by atoms with Gasteiger partial charge in [0.2, 0.25) is 0 Å². The summed E-state index contributed by atoms with van der Waals surface area (Å²) >= 11 is 0. The van der Waals surface area contributed by atoms with Crippen molar-refractivity contribution in [3.05, 3.63) is 60.0 Å². The Balaban J connectivity index is 0.000000448. The lowest BCUT2D eigenvalue weighted by atomic mass is 10.1. The Morgan fingerprint density at radius 1 is 1.18 bits per heavy atom. The number of pyridine rings is 1. The van der Waals surface area contributed by atoms with E-state index >= 15 is 0 Å². The number of halogens is 3. The Hall–Kier alpha value is -5.10. The maximum absolute atomic E-state index is 12.6. The number of rotatable bonds is 4. The van der Waals surface area contributed by atoms with E-state index in [0.29, 0.717) is 39.5 Å². The van der Waals surface area contributed by atoms with E-state index in [1.165, 1.54) is 18.6 Å². The molecule has 1 atom stereocenters. The number of fused-ring (bicyclic) bond motifs is 1. The molecule has 12 nitrogen and oxygen atoms in total. The summed E-state index contributed by atoms with van der Waals surface area (Å²) in [5.41, 5.74) is 9.24. The summed E-state index contributed by atoms with van der Waals surface area (Å²) in [6, 6.07) is 12.4. The van der Waals surface area contributed by atoms with Crippen molar-refractivity contribution in [2.45, 2.75) is 18.6 Å². The molecule has 1 saturated heterocycles. The van der Waals surface area contributed by atoms with Crippen LogP contribution in [0.15, 0.2) is 48.9 Å². The van der Waals surface area contributed by atoms with Crippen LogP contribution in [-0.4, -0.2) is 61.0 Å². The van der Waals surface area contributed by atoms with Crippen molar-refractivity contribution in [3.8, 4) is 17.3 Å². The number of carboxylic acids is 1. The van der Waals surface area contributed by atoms with Crippen LogP contribution in [0.4, 0.5) is 24.8 Å². The molecule has 0 spiro atoms. The Morgan fingerprint density at radius 2 is 1.90 bits per heavy atom. The number of nitrogens with one attached hydrogen (secondary N) is 2. The molecule has 1 fully saturated rings. The SMILES string of the molecule is N#Cc1ccnc(NC(=O)c2ccc(-c3nn(C4CCNC4)c4ncnc(N)c34)cc2)c1.O=C(O)C(F)(F)F. The van der Waals surface area contributed by atoms with Crippen LogP contribution >= 0.6 is 0 Å². The van der Waals surface area contributed by atoms with E-state index in [1.807, 2.05) is 22.9 Å². The lowest BCUT2D eigenvalue weighted by molar-refractivity contribution is -0.192. The number of hydrogen-bond acceptors (Lipinski definition) is 9. The van der Waals surface area contributed by atoms with Gasteiger partial charge in [-0.3, -0.25) is 4.79 Å². The zero-order chi connectivity index (χ0) is 28.2. The molecule has 39 heavy (non-hydrogen) atoms. The quantitative estimate of drug-likeness (QED) is 0.301. The van der Waals surface area contributed by atoms with Crippen molar-refractivity contribution < 1.29 is 27.9 Å². The molecule has 1 aliphatic heterocycles. The van der Waals surface area contributed by atoms with Gasteiger partial charge in [0, 0.05) is 23.9 Å². The lowest BCUT2D eigenvalue weighted by Crippen LogP contribution is -2.21. The second-order valence-electron chi connectivity index (χ2n) is 8.27. The second kappa shape index (κ2) is 11.1. The molecule has 5 N–H and O–H groups in total. The molecular weight excluding hydrogens is 519 g/mol. The highest BCUT2D eigenvalue weighted by molar-refractivity contribution is 6.04. The number of carbonyl (C=O) groups is 2. The molecule has 5 rings (SSSR count). The number of carboxylic acid groups (broad SMARTS) is 1. The smallest absolute Gasteiger partial charge is 0.475 e. The second-order valence-corrected chi connectivity index (χ2v) is 8.27. The number of aromatic nitrogens is 5. The number of carbonyl (C=O) groups excluding carboxylic acids is 1. The molecule has 0 radical (unpaired) electrons. The summed E-state index contributed by atoms with van der Waals surface area (Å²) in [7, 11) is 0. The topological polar surface area (TPSA) is 185 Å². The third kappa shape index (κ3) is 6.08. The number of nitrogens with two attached hydrogens (primary N) is 1. The van der Waals surface area contributed by atoms with E-state index in [9.17, 15) is 18.0 Å². The van der Waals surface area contributed by atoms with E-state index in [2.05, 4.69) is 25.6 Å². The van der Waals surface area contributed by atoms with Crippen LogP contribution in [0.25, 0.3) is 22.3 Å². The highest BCUT2D eigenvalue weighted by Gasteiger charge is 2.38. The number of aliphatic carboxylic acids is 1. The summed E-state index contributed by atoms with van der Waals surface area (Å²) in [5.74, 6) is -2.40. The predicted molar refractivity (Wildman–Crippen MR) is 132 cm³/mol. The largest absolute Gasteiger partial charge is 0.490 e. The highest BCUT2D eigenvalue weighted by Crippen LogP contribution is 2.32. The van der Waals surface area contributed by atoms with E-state index in [0.717, 1.165) is 25.1 Å². The lowest BCUT2D eigenvalue weighted by Gasteiger charge is -2.09. The predicted octanol–water partition coefficient (Wildman–Crippen LogP) is 2.76. The van der Waals surface area contributed by atoms with Crippen molar-refractivity contribution in [1.29, 1.82) is 5.26 Å². The number of alkyl halides is 3. The van der Waals surface area contributed by atoms with Crippen molar-refractivity contribution >= 4 is 34.5 Å². The van der Waals surface area contributed by atoms with E-state index in [-0.39, 0.29) is 11.9 Å².